The third-order valence-corrected chi connectivity index (χ3v) is 5.29. The molecule has 0 spiro atoms. The number of halogens is 2. The van der Waals surface area contributed by atoms with Crippen LogP contribution in [-0.4, -0.2) is 20.6 Å². The first-order chi connectivity index (χ1) is 14.5. The number of benzene rings is 2. The second kappa shape index (κ2) is 10.2. The van der Waals surface area contributed by atoms with Crippen molar-refractivity contribution in [3.05, 3.63) is 93.8 Å². The van der Waals surface area contributed by atoms with Crippen LogP contribution in [0, 0.1) is 5.82 Å². The zero-order chi connectivity index (χ0) is 21.5. The normalized spacial score (nSPS) is 11.6. The van der Waals surface area contributed by atoms with Gasteiger partial charge in [0.05, 0.1) is 18.4 Å². The van der Waals surface area contributed by atoms with Crippen molar-refractivity contribution in [1.29, 1.82) is 0 Å². The van der Waals surface area contributed by atoms with Crippen LogP contribution < -0.4 is 0 Å². The van der Waals surface area contributed by atoms with Gasteiger partial charge in [-0.05, 0) is 30.2 Å². The largest absolute Gasteiger partial charge is 0.478 e. The molecule has 3 rings (SSSR count). The topological polar surface area (TPSA) is 55.1 Å². The lowest BCUT2D eigenvalue weighted by Gasteiger charge is -2.13. The maximum atomic E-state index is 14.4. The molecule has 0 aliphatic carbocycles. The number of aromatic nitrogens is 2. The van der Waals surface area contributed by atoms with Gasteiger partial charge in [-0.1, -0.05) is 61.3 Å². The Morgan fingerprint density at radius 3 is 2.63 bits per heavy atom. The predicted molar refractivity (Wildman–Crippen MR) is 117 cm³/mol. The van der Waals surface area contributed by atoms with Crippen LogP contribution in [0.3, 0.4) is 0 Å². The van der Waals surface area contributed by atoms with Crippen LogP contribution in [0.25, 0.3) is 6.08 Å². The van der Waals surface area contributed by atoms with Crippen molar-refractivity contribution in [2.24, 2.45) is 0 Å². The molecule has 0 unspecified atom stereocenters. The van der Waals surface area contributed by atoms with E-state index in [1.807, 2.05) is 34.9 Å². The van der Waals surface area contributed by atoms with E-state index in [4.69, 9.17) is 11.6 Å². The number of rotatable bonds is 9. The number of imidazole rings is 1. The van der Waals surface area contributed by atoms with E-state index in [2.05, 4.69) is 11.9 Å². The van der Waals surface area contributed by atoms with Gasteiger partial charge in [-0.25, -0.2) is 14.2 Å². The average molecular weight is 427 g/mol. The van der Waals surface area contributed by atoms with Gasteiger partial charge in [0.2, 0.25) is 0 Å². The Kier molecular flexibility index (Phi) is 7.41. The lowest BCUT2D eigenvalue weighted by Crippen LogP contribution is -2.10. The molecule has 2 aromatic carbocycles. The Hall–Kier alpha value is -2.92. The Labute approximate surface area is 180 Å². The summed E-state index contributed by atoms with van der Waals surface area (Å²) in [7, 11) is 0. The van der Waals surface area contributed by atoms with Gasteiger partial charge in [0.25, 0.3) is 0 Å². The maximum absolute atomic E-state index is 14.4. The van der Waals surface area contributed by atoms with Crippen LogP contribution in [0.5, 0.6) is 0 Å². The first-order valence-electron chi connectivity index (χ1n) is 9.94. The second-order valence-electron chi connectivity index (χ2n) is 7.13. The van der Waals surface area contributed by atoms with Crippen LogP contribution in [0.15, 0.2) is 60.3 Å². The van der Waals surface area contributed by atoms with Crippen LogP contribution >= 0.6 is 11.6 Å². The molecule has 0 aliphatic rings. The van der Waals surface area contributed by atoms with Crippen molar-refractivity contribution < 1.29 is 14.3 Å². The average Bonchev–Trinajstić information content (AvgIpc) is 3.10. The summed E-state index contributed by atoms with van der Waals surface area (Å²) in [6.07, 6.45) is 6.19. The molecule has 156 valence electrons. The molecule has 1 aromatic heterocycles. The van der Waals surface area contributed by atoms with E-state index in [9.17, 15) is 14.3 Å². The van der Waals surface area contributed by atoms with Gasteiger partial charge < -0.3 is 9.67 Å². The van der Waals surface area contributed by atoms with Crippen molar-refractivity contribution in [2.75, 3.05) is 0 Å². The van der Waals surface area contributed by atoms with Gasteiger partial charge in [0.15, 0.2) is 0 Å². The highest BCUT2D eigenvalue weighted by Gasteiger charge is 2.16. The van der Waals surface area contributed by atoms with E-state index in [1.165, 1.54) is 6.07 Å². The zero-order valence-corrected chi connectivity index (χ0v) is 17.6. The monoisotopic (exact) mass is 426 g/mol. The summed E-state index contributed by atoms with van der Waals surface area (Å²) in [5.74, 6) is -0.604. The number of nitrogens with zero attached hydrogens (tertiary/aromatic N) is 2. The predicted octanol–water partition coefficient (Wildman–Crippen LogP) is 5.78. The summed E-state index contributed by atoms with van der Waals surface area (Å²) in [6.45, 7) is 2.28. The number of carboxylic acids is 1. The van der Waals surface area contributed by atoms with E-state index < -0.39 is 11.8 Å². The second-order valence-corrected chi connectivity index (χ2v) is 7.53. The standard InChI is InChI=1S/C24H24ClFN2O2/c1-2-3-12-23-27-15-19(28(23)16-20-21(25)10-7-11-22(20)26)14-18(24(29)30)13-17-8-5-4-6-9-17/h4-11,14-15H,2-3,12-13,16H2,1H3,(H,29,30). The fourth-order valence-corrected chi connectivity index (χ4v) is 3.51. The lowest BCUT2D eigenvalue weighted by atomic mass is 10.0. The molecule has 0 atom stereocenters. The smallest absolute Gasteiger partial charge is 0.331 e. The minimum atomic E-state index is -0.995. The van der Waals surface area contributed by atoms with Crippen molar-refractivity contribution in [1.82, 2.24) is 9.55 Å². The molecule has 0 radical (unpaired) electrons. The molecule has 0 saturated heterocycles. The molecule has 1 heterocycles. The van der Waals surface area contributed by atoms with E-state index in [0.717, 1.165) is 30.7 Å². The molecule has 4 nitrogen and oxygen atoms in total. The summed E-state index contributed by atoms with van der Waals surface area (Å²) in [6, 6.07) is 14.0. The van der Waals surface area contributed by atoms with E-state index in [-0.39, 0.29) is 18.5 Å². The van der Waals surface area contributed by atoms with Crippen molar-refractivity contribution in [3.8, 4) is 0 Å². The zero-order valence-electron chi connectivity index (χ0n) is 16.8. The molecular formula is C24H24ClFN2O2. The fourth-order valence-electron chi connectivity index (χ4n) is 3.29. The first kappa shape index (κ1) is 21.8. The van der Waals surface area contributed by atoms with Gasteiger partial charge >= 0.3 is 5.97 Å². The molecule has 0 amide bonds. The molecule has 30 heavy (non-hydrogen) atoms. The highest BCUT2D eigenvalue weighted by Crippen LogP contribution is 2.23. The molecule has 0 fully saturated rings. The molecule has 0 bridgehead atoms. The number of carbonyl (C=O) groups is 1. The first-order valence-corrected chi connectivity index (χ1v) is 10.3. The van der Waals surface area contributed by atoms with Gasteiger partial charge in [-0.3, -0.25) is 0 Å². The number of aryl methyl sites for hydroxylation is 1. The van der Waals surface area contributed by atoms with Crippen LogP contribution in [0.2, 0.25) is 5.02 Å². The molecule has 1 N–H and O–H groups in total. The van der Waals surface area contributed by atoms with Crippen LogP contribution in [0.4, 0.5) is 4.39 Å². The molecule has 3 aromatic rings. The summed E-state index contributed by atoms with van der Waals surface area (Å²) >= 11 is 6.24. The summed E-state index contributed by atoms with van der Waals surface area (Å²) in [4.78, 5) is 16.4. The fraction of sp³-hybridized carbons (Fsp3) is 0.250. The number of hydrogen-bond donors (Lipinski definition) is 1. The van der Waals surface area contributed by atoms with Crippen molar-refractivity contribution in [3.63, 3.8) is 0 Å². The van der Waals surface area contributed by atoms with E-state index in [1.54, 1.807) is 24.4 Å². The Morgan fingerprint density at radius 2 is 1.97 bits per heavy atom. The van der Waals surface area contributed by atoms with Gasteiger partial charge in [0, 0.05) is 29.0 Å². The number of carboxylic acid groups (broad SMARTS) is 1. The van der Waals surface area contributed by atoms with Gasteiger partial charge in [-0.2, -0.15) is 0 Å². The van der Waals surface area contributed by atoms with E-state index in [0.29, 0.717) is 16.3 Å². The SMILES string of the molecule is CCCCc1ncc(C=C(Cc2ccccc2)C(=O)O)n1Cc1c(F)cccc1Cl. The maximum Gasteiger partial charge on any atom is 0.331 e. The molecule has 0 saturated carbocycles. The molecule has 6 heteroatoms. The highest BCUT2D eigenvalue weighted by atomic mass is 35.5. The van der Waals surface area contributed by atoms with Crippen LogP contribution in [-0.2, 0) is 24.2 Å². The molecule has 0 aliphatic heterocycles. The Balaban J connectivity index is 2.01. The summed E-state index contributed by atoms with van der Waals surface area (Å²) < 4.78 is 16.3. The van der Waals surface area contributed by atoms with Crippen molar-refractivity contribution >= 4 is 23.6 Å². The number of aliphatic carboxylic acids is 1. The van der Waals surface area contributed by atoms with Crippen molar-refractivity contribution in [2.45, 2.75) is 39.2 Å². The Morgan fingerprint density at radius 1 is 1.20 bits per heavy atom. The van der Waals surface area contributed by atoms with Crippen LogP contribution in [0.1, 0.15) is 42.4 Å². The minimum absolute atomic E-state index is 0.189. The summed E-state index contributed by atoms with van der Waals surface area (Å²) in [5.41, 5.74) is 2.13. The van der Waals surface area contributed by atoms with Gasteiger partial charge in [0.1, 0.15) is 11.6 Å². The quantitative estimate of drug-likeness (QED) is 0.441. The third-order valence-electron chi connectivity index (χ3n) is 4.94. The number of unbranched alkanes of at least 4 members (excludes halogenated alkanes) is 1. The lowest BCUT2D eigenvalue weighted by molar-refractivity contribution is -0.132. The van der Waals surface area contributed by atoms with E-state index >= 15 is 0 Å². The van der Waals surface area contributed by atoms with Gasteiger partial charge in [-0.15, -0.1) is 0 Å². The minimum Gasteiger partial charge on any atom is -0.478 e. The highest BCUT2D eigenvalue weighted by molar-refractivity contribution is 6.31. The summed E-state index contributed by atoms with van der Waals surface area (Å²) in [5, 5.41) is 10.1. The Bertz CT molecular complexity index is 1020. The molecular weight excluding hydrogens is 403 g/mol. The third kappa shape index (κ3) is 5.36. The number of hydrogen-bond acceptors (Lipinski definition) is 2.